The van der Waals surface area contributed by atoms with Gasteiger partial charge in [0, 0.05) is 10.4 Å². The Morgan fingerprint density at radius 1 is 1.36 bits per heavy atom. The zero-order valence-corrected chi connectivity index (χ0v) is 15.2. The third-order valence-corrected chi connectivity index (χ3v) is 4.99. The number of thiazole rings is 1. The predicted octanol–water partition coefficient (Wildman–Crippen LogP) is 4.79. The third kappa shape index (κ3) is 3.03. The Morgan fingerprint density at radius 3 is 2.96 bits per heavy atom. The number of anilines is 1. The normalized spacial score (nSPS) is 16.4. The summed E-state index contributed by atoms with van der Waals surface area (Å²) < 4.78 is 11.4. The highest BCUT2D eigenvalue weighted by Crippen LogP contribution is 2.37. The molecule has 128 valence electrons. The minimum atomic E-state index is -0.176. The van der Waals surface area contributed by atoms with Crippen LogP contribution in [0.2, 0.25) is 5.02 Å². The van der Waals surface area contributed by atoms with Crippen molar-refractivity contribution in [3.63, 3.8) is 0 Å². The van der Waals surface area contributed by atoms with Crippen molar-refractivity contribution in [2.24, 2.45) is 0 Å². The molecule has 3 aromatic rings. The van der Waals surface area contributed by atoms with Crippen LogP contribution < -0.4 is 9.64 Å². The van der Waals surface area contributed by atoms with E-state index >= 15 is 0 Å². The highest BCUT2D eigenvalue weighted by atomic mass is 35.5. The summed E-state index contributed by atoms with van der Waals surface area (Å²) in [7, 11) is 0. The average molecular weight is 375 g/mol. The van der Waals surface area contributed by atoms with Crippen LogP contribution in [-0.2, 0) is 0 Å². The molecule has 0 aliphatic carbocycles. The molecule has 0 unspecified atom stereocenters. The lowest BCUT2D eigenvalue weighted by molar-refractivity contribution is 0.0957. The summed E-state index contributed by atoms with van der Waals surface area (Å²) in [5, 5.41) is 2.99. The first-order valence-corrected chi connectivity index (χ1v) is 9.07. The van der Waals surface area contributed by atoms with Crippen molar-refractivity contribution in [3.05, 3.63) is 52.2 Å². The summed E-state index contributed by atoms with van der Waals surface area (Å²) in [6.45, 7) is 4.24. The van der Waals surface area contributed by atoms with E-state index in [1.807, 2.05) is 26.0 Å². The van der Waals surface area contributed by atoms with E-state index < -0.39 is 0 Å². The van der Waals surface area contributed by atoms with E-state index in [1.54, 1.807) is 28.5 Å². The van der Waals surface area contributed by atoms with Gasteiger partial charge < -0.3 is 9.15 Å². The smallest absolute Gasteiger partial charge is 0.278 e. The van der Waals surface area contributed by atoms with Crippen LogP contribution in [0.4, 0.5) is 5.69 Å². The maximum atomic E-state index is 13.0. The molecule has 2 aromatic heterocycles. The monoisotopic (exact) mass is 374 g/mol. The molecule has 25 heavy (non-hydrogen) atoms. The minimum absolute atomic E-state index is 0.108. The van der Waals surface area contributed by atoms with E-state index in [0.717, 1.165) is 5.76 Å². The van der Waals surface area contributed by atoms with Gasteiger partial charge in [-0.3, -0.25) is 9.69 Å². The Balaban J connectivity index is 1.68. The van der Waals surface area contributed by atoms with Crippen LogP contribution in [0.1, 0.15) is 23.2 Å². The van der Waals surface area contributed by atoms with Crippen LogP contribution in [-0.4, -0.2) is 23.5 Å². The molecular weight excluding hydrogens is 360 g/mol. The predicted molar refractivity (Wildman–Crippen MR) is 97.8 cm³/mol. The van der Waals surface area contributed by atoms with Gasteiger partial charge in [-0.2, -0.15) is 0 Å². The van der Waals surface area contributed by atoms with Gasteiger partial charge in [-0.1, -0.05) is 11.6 Å². The maximum Gasteiger partial charge on any atom is 0.278 e. The number of carbonyl (C=O) groups is 1. The zero-order valence-electron chi connectivity index (χ0n) is 13.7. The molecule has 0 saturated heterocycles. The van der Waals surface area contributed by atoms with Gasteiger partial charge in [0.15, 0.2) is 10.8 Å². The van der Waals surface area contributed by atoms with Gasteiger partial charge in [0.25, 0.3) is 5.91 Å². The number of hydrogen-bond acceptors (Lipinski definition) is 5. The van der Waals surface area contributed by atoms with Gasteiger partial charge >= 0.3 is 0 Å². The summed E-state index contributed by atoms with van der Waals surface area (Å²) >= 11 is 7.48. The lowest BCUT2D eigenvalue weighted by atomic mass is 10.2. The number of furan rings is 1. The largest absolute Gasteiger partial charge is 0.487 e. The first kappa shape index (κ1) is 16.2. The van der Waals surface area contributed by atoms with Crippen molar-refractivity contribution < 1.29 is 13.9 Å². The fourth-order valence-electron chi connectivity index (χ4n) is 2.78. The molecule has 1 atom stereocenters. The summed E-state index contributed by atoms with van der Waals surface area (Å²) in [4.78, 5) is 19.1. The standard InChI is InChI=1S/C18H15ClN2O3S/c1-10-3-5-16(23-10)17-20-13(9-25-17)18(22)21-8-11(2)24-15-6-4-12(19)7-14(15)21/h3-7,9,11H,8H2,1-2H3/t11-/m0/s1. The molecule has 0 N–H and O–H groups in total. The molecule has 0 fully saturated rings. The molecule has 0 spiro atoms. The van der Waals surface area contributed by atoms with Crippen molar-refractivity contribution in [1.82, 2.24) is 4.98 Å². The molecule has 1 aliphatic rings. The van der Waals surface area contributed by atoms with E-state index in [1.165, 1.54) is 11.3 Å². The summed E-state index contributed by atoms with van der Waals surface area (Å²) in [6, 6.07) is 9.01. The molecule has 0 bridgehead atoms. The zero-order chi connectivity index (χ0) is 17.6. The number of rotatable bonds is 2. The number of aryl methyl sites for hydroxylation is 1. The van der Waals surface area contributed by atoms with E-state index in [9.17, 15) is 4.79 Å². The topological polar surface area (TPSA) is 55.6 Å². The Hall–Kier alpha value is -2.31. The molecule has 3 heterocycles. The van der Waals surface area contributed by atoms with Crippen LogP contribution in [0, 0.1) is 6.92 Å². The van der Waals surface area contributed by atoms with Crippen LogP contribution in [0.3, 0.4) is 0 Å². The van der Waals surface area contributed by atoms with Crippen LogP contribution >= 0.6 is 22.9 Å². The van der Waals surface area contributed by atoms with Crippen molar-refractivity contribution >= 4 is 34.5 Å². The van der Waals surface area contributed by atoms with Gasteiger partial charge in [-0.05, 0) is 44.2 Å². The first-order valence-electron chi connectivity index (χ1n) is 7.81. The molecule has 0 radical (unpaired) electrons. The number of fused-ring (bicyclic) bond motifs is 1. The number of hydrogen-bond donors (Lipinski definition) is 0. The molecule has 1 amide bonds. The molecule has 7 heteroatoms. The number of amides is 1. The number of nitrogens with zero attached hydrogens (tertiary/aromatic N) is 2. The minimum Gasteiger partial charge on any atom is -0.487 e. The van der Waals surface area contributed by atoms with Gasteiger partial charge in [-0.25, -0.2) is 4.98 Å². The number of benzene rings is 1. The van der Waals surface area contributed by atoms with Gasteiger partial charge in [-0.15, -0.1) is 11.3 Å². The quantitative estimate of drug-likeness (QED) is 0.647. The lowest BCUT2D eigenvalue weighted by Gasteiger charge is -2.33. The highest BCUT2D eigenvalue weighted by Gasteiger charge is 2.30. The van der Waals surface area contributed by atoms with Crippen LogP contribution in [0.25, 0.3) is 10.8 Å². The molecular formula is C18H15ClN2O3S. The van der Waals surface area contributed by atoms with Gasteiger partial charge in [0.1, 0.15) is 23.3 Å². The van der Waals surface area contributed by atoms with Crippen molar-refractivity contribution in [2.45, 2.75) is 20.0 Å². The van der Waals surface area contributed by atoms with Crippen molar-refractivity contribution in [1.29, 1.82) is 0 Å². The highest BCUT2D eigenvalue weighted by molar-refractivity contribution is 7.13. The van der Waals surface area contributed by atoms with Crippen LogP contribution in [0.5, 0.6) is 5.75 Å². The Morgan fingerprint density at radius 2 is 2.20 bits per heavy atom. The van der Waals surface area contributed by atoms with E-state index in [2.05, 4.69) is 4.98 Å². The first-order chi connectivity index (χ1) is 12.0. The third-order valence-electron chi connectivity index (χ3n) is 3.90. The fourth-order valence-corrected chi connectivity index (χ4v) is 3.70. The second-order valence-corrected chi connectivity index (χ2v) is 7.20. The molecule has 1 aliphatic heterocycles. The fraction of sp³-hybridized carbons (Fsp3) is 0.222. The van der Waals surface area contributed by atoms with E-state index in [0.29, 0.717) is 39.5 Å². The molecule has 0 saturated carbocycles. The number of carbonyl (C=O) groups excluding carboxylic acids is 1. The Bertz CT molecular complexity index is 949. The second-order valence-electron chi connectivity index (χ2n) is 5.90. The Kier molecular flexibility index (Phi) is 4.01. The van der Waals surface area contributed by atoms with Gasteiger partial charge in [0.05, 0.1) is 12.2 Å². The van der Waals surface area contributed by atoms with Gasteiger partial charge in [0.2, 0.25) is 0 Å². The molecule has 5 nitrogen and oxygen atoms in total. The summed E-state index contributed by atoms with van der Waals surface area (Å²) in [5.41, 5.74) is 1.05. The number of halogens is 1. The number of aromatic nitrogens is 1. The Labute approximate surface area is 153 Å². The van der Waals surface area contributed by atoms with E-state index in [4.69, 9.17) is 20.8 Å². The summed E-state index contributed by atoms with van der Waals surface area (Å²) in [6.07, 6.45) is -0.108. The van der Waals surface area contributed by atoms with Crippen molar-refractivity contribution in [3.8, 4) is 16.5 Å². The SMILES string of the molecule is Cc1ccc(-c2nc(C(=O)N3C[C@H](C)Oc4ccc(Cl)cc43)cs2)o1. The average Bonchev–Trinajstić information content (AvgIpc) is 3.22. The lowest BCUT2D eigenvalue weighted by Crippen LogP contribution is -2.42. The maximum absolute atomic E-state index is 13.0. The van der Waals surface area contributed by atoms with Crippen LogP contribution in [0.15, 0.2) is 40.1 Å². The second kappa shape index (κ2) is 6.20. The summed E-state index contributed by atoms with van der Waals surface area (Å²) in [5.74, 6) is 1.95. The van der Waals surface area contributed by atoms with Crippen molar-refractivity contribution in [2.75, 3.05) is 11.4 Å². The molecule has 4 rings (SSSR count). The molecule has 1 aromatic carbocycles. The number of ether oxygens (including phenoxy) is 1. The van der Waals surface area contributed by atoms with E-state index in [-0.39, 0.29) is 12.0 Å².